The number of rotatable bonds is 4. The first-order chi connectivity index (χ1) is 3.85. The average molecular weight is 115 g/mol. The molecule has 0 unspecified atom stereocenters. The first-order valence-corrected chi connectivity index (χ1v) is 2.49. The van der Waals surface area contributed by atoms with Gasteiger partial charge in [0.15, 0.2) is 0 Å². The highest BCUT2D eigenvalue weighted by molar-refractivity contribution is 5.81. The molecule has 0 bridgehead atoms. The molecule has 0 spiro atoms. The predicted octanol–water partition coefficient (Wildman–Crippen LogP) is -0.638. The van der Waals surface area contributed by atoms with E-state index in [0.717, 1.165) is 0 Å². The van der Waals surface area contributed by atoms with Crippen molar-refractivity contribution in [1.82, 2.24) is 5.32 Å². The van der Waals surface area contributed by atoms with E-state index in [0.29, 0.717) is 19.1 Å². The summed E-state index contributed by atoms with van der Waals surface area (Å²) in [6.07, 6.45) is 1.16. The van der Waals surface area contributed by atoms with E-state index in [9.17, 15) is 9.59 Å². The second-order valence-corrected chi connectivity index (χ2v) is 1.36. The molecule has 0 atom stereocenters. The molecular weight excluding hydrogens is 106 g/mol. The van der Waals surface area contributed by atoms with Crippen LogP contribution in [0.2, 0.25) is 0 Å². The first kappa shape index (κ1) is 7.30. The summed E-state index contributed by atoms with van der Waals surface area (Å²) in [5, 5.41) is 2.65. The van der Waals surface area contributed by atoms with Gasteiger partial charge in [-0.25, -0.2) is 0 Å². The van der Waals surface area contributed by atoms with E-state index in [1.54, 1.807) is 0 Å². The summed E-state index contributed by atoms with van der Waals surface area (Å²) in [6, 6.07) is -0.611. The summed E-state index contributed by atoms with van der Waals surface area (Å²) in [5.74, 6) is 0. The molecule has 0 aromatic heterocycles. The Morgan fingerprint density at radius 2 is 2.00 bits per heavy atom. The molecule has 3 nitrogen and oxygen atoms in total. The molecule has 0 aliphatic carbocycles. The Labute approximate surface area is 48.1 Å². The lowest BCUT2D eigenvalue weighted by molar-refractivity contribution is -0.116. The van der Waals surface area contributed by atoms with E-state index in [2.05, 4.69) is 5.32 Å². The molecule has 0 amide bonds. The zero-order chi connectivity index (χ0) is 6.41. The van der Waals surface area contributed by atoms with Gasteiger partial charge in [-0.15, -0.1) is 0 Å². The van der Waals surface area contributed by atoms with Gasteiger partial charge in [-0.05, 0) is 6.54 Å². The maximum absolute atomic E-state index is 9.83. The van der Waals surface area contributed by atoms with Crippen LogP contribution in [0, 0.1) is 0 Å². The van der Waals surface area contributed by atoms with Crippen molar-refractivity contribution >= 4 is 12.6 Å². The van der Waals surface area contributed by atoms with Crippen molar-refractivity contribution in [2.45, 2.75) is 13.0 Å². The number of aldehydes is 2. The van der Waals surface area contributed by atoms with Gasteiger partial charge in [0, 0.05) is 0 Å². The molecule has 0 saturated heterocycles. The van der Waals surface area contributed by atoms with Gasteiger partial charge in [0.05, 0.1) is 0 Å². The summed E-state index contributed by atoms with van der Waals surface area (Å²) in [4.78, 5) is 19.7. The van der Waals surface area contributed by atoms with Crippen molar-refractivity contribution in [3.05, 3.63) is 0 Å². The second-order valence-electron chi connectivity index (χ2n) is 1.36. The van der Waals surface area contributed by atoms with E-state index in [-0.39, 0.29) is 0 Å². The molecule has 0 saturated carbocycles. The molecule has 0 aromatic rings. The van der Waals surface area contributed by atoms with Crippen LogP contribution in [0.5, 0.6) is 0 Å². The molecule has 0 heterocycles. The van der Waals surface area contributed by atoms with Crippen LogP contribution in [-0.4, -0.2) is 25.2 Å². The Balaban J connectivity index is 3.35. The maximum atomic E-state index is 9.83. The highest BCUT2D eigenvalue weighted by Gasteiger charge is 1.98. The quantitative estimate of drug-likeness (QED) is 0.391. The summed E-state index contributed by atoms with van der Waals surface area (Å²) < 4.78 is 0. The fourth-order valence-electron chi connectivity index (χ4n) is 0.364. The molecule has 0 rings (SSSR count). The van der Waals surface area contributed by atoms with Crippen LogP contribution in [0.4, 0.5) is 0 Å². The van der Waals surface area contributed by atoms with Crippen molar-refractivity contribution in [1.29, 1.82) is 0 Å². The van der Waals surface area contributed by atoms with Crippen molar-refractivity contribution in [3.63, 3.8) is 0 Å². The van der Waals surface area contributed by atoms with Crippen LogP contribution in [0.1, 0.15) is 6.92 Å². The molecule has 46 valence electrons. The summed E-state index contributed by atoms with van der Waals surface area (Å²) in [7, 11) is 0. The second kappa shape index (κ2) is 4.46. The van der Waals surface area contributed by atoms with E-state index in [1.807, 2.05) is 6.92 Å². The number of likely N-dealkylation sites (N-methyl/N-ethyl adjacent to an activating group) is 1. The number of carbonyl (C=O) groups excluding carboxylic acids is 2. The molecule has 0 aliphatic rings. The largest absolute Gasteiger partial charge is 0.302 e. The monoisotopic (exact) mass is 115 g/mol. The predicted molar refractivity (Wildman–Crippen MR) is 29.6 cm³/mol. The van der Waals surface area contributed by atoms with Crippen molar-refractivity contribution in [2.24, 2.45) is 0 Å². The molecule has 0 aliphatic heterocycles. The van der Waals surface area contributed by atoms with Crippen molar-refractivity contribution < 1.29 is 9.59 Å². The summed E-state index contributed by atoms with van der Waals surface area (Å²) in [5.41, 5.74) is 0. The fourth-order valence-corrected chi connectivity index (χ4v) is 0.364. The van der Waals surface area contributed by atoms with Crippen LogP contribution in [-0.2, 0) is 9.59 Å². The maximum Gasteiger partial charge on any atom is 0.144 e. The van der Waals surface area contributed by atoms with Gasteiger partial charge in [-0.1, -0.05) is 6.92 Å². The van der Waals surface area contributed by atoms with Gasteiger partial charge >= 0.3 is 0 Å². The third-order valence-corrected chi connectivity index (χ3v) is 0.733. The molecule has 0 aromatic carbocycles. The topological polar surface area (TPSA) is 46.2 Å². The normalized spacial score (nSPS) is 9.25. The Morgan fingerprint density at radius 1 is 1.50 bits per heavy atom. The zero-order valence-corrected chi connectivity index (χ0v) is 4.76. The van der Waals surface area contributed by atoms with Crippen LogP contribution in [0.25, 0.3) is 0 Å². The standard InChI is InChI=1S/C5H9NO2/c1-2-6-5(3-7)4-8/h3-6H,2H2,1H3. The van der Waals surface area contributed by atoms with Crippen molar-refractivity contribution in [3.8, 4) is 0 Å². The van der Waals surface area contributed by atoms with Gasteiger partial charge in [-0.2, -0.15) is 0 Å². The minimum absolute atomic E-state index is 0.580. The highest BCUT2D eigenvalue weighted by atomic mass is 16.1. The SMILES string of the molecule is CCNC(C=O)C=O. The number of carbonyl (C=O) groups is 2. The van der Waals surface area contributed by atoms with Gasteiger partial charge in [0.2, 0.25) is 0 Å². The number of nitrogens with one attached hydrogen (secondary N) is 1. The van der Waals surface area contributed by atoms with Gasteiger partial charge in [0.1, 0.15) is 18.6 Å². The van der Waals surface area contributed by atoms with Crippen molar-refractivity contribution in [2.75, 3.05) is 6.54 Å². The fraction of sp³-hybridized carbons (Fsp3) is 0.600. The average Bonchev–Trinajstić information content (AvgIpc) is 1.83. The Bertz CT molecular complexity index is 74.5. The Kier molecular flexibility index (Phi) is 4.07. The number of hydrogen-bond donors (Lipinski definition) is 1. The third-order valence-electron chi connectivity index (χ3n) is 0.733. The van der Waals surface area contributed by atoms with E-state index >= 15 is 0 Å². The van der Waals surface area contributed by atoms with Gasteiger partial charge < -0.3 is 14.9 Å². The summed E-state index contributed by atoms with van der Waals surface area (Å²) >= 11 is 0. The molecule has 0 fully saturated rings. The van der Waals surface area contributed by atoms with Crippen LogP contribution in [0.3, 0.4) is 0 Å². The third kappa shape index (κ3) is 2.47. The Hall–Kier alpha value is -0.700. The zero-order valence-electron chi connectivity index (χ0n) is 4.76. The van der Waals surface area contributed by atoms with E-state index < -0.39 is 6.04 Å². The van der Waals surface area contributed by atoms with Gasteiger partial charge in [0.25, 0.3) is 0 Å². The molecule has 1 N–H and O–H groups in total. The highest BCUT2D eigenvalue weighted by Crippen LogP contribution is 1.66. The molecule has 3 heteroatoms. The minimum Gasteiger partial charge on any atom is -0.302 e. The lowest BCUT2D eigenvalue weighted by Crippen LogP contribution is -2.31. The summed E-state index contributed by atoms with van der Waals surface area (Å²) in [6.45, 7) is 2.47. The van der Waals surface area contributed by atoms with E-state index in [1.165, 1.54) is 0 Å². The van der Waals surface area contributed by atoms with Gasteiger partial charge in [-0.3, -0.25) is 0 Å². The lowest BCUT2D eigenvalue weighted by atomic mass is 10.4. The lowest BCUT2D eigenvalue weighted by Gasteiger charge is -1.98. The van der Waals surface area contributed by atoms with Crippen LogP contribution >= 0.6 is 0 Å². The van der Waals surface area contributed by atoms with E-state index in [4.69, 9.17) is 0 Å². The molecule has 0 radical (unpaired) electrons. The van der Waals surface area contributed by atoms with Crippen LogP contribution in [0.15, 0.2) is 0 Å². The number of hydrogen-bond acceptors (Lipinski definition) is 3. The van der Waals surface area contributed by atoms with Crippen LogP contribution < -0.4 is 5.32 Å². The smallest absolute Gasteiger partial charge is 0.144 e. The Morgan fingerprint density at radius 3 is 2.12 bits per heavy atom. The molecule has 8 heavy (non-hydrogen) atoms. The first-order valence-electron chi connectivity index (χ1n) is 2.49. The molecular formula is C5H9NO2. The minimum atomic E-state index is -0.611.